The molecule has 0 aliphatic heterocycles. The number of nitrogens with one attached hydrogen (secondary N) is 2. The fourth-order valence-electron chi connectivity index (χ4n) is 0.550. The van der Waals surface area contributed by atoms with Crippen LogP contribution in [-0.4, -0.2) is 6.03 Å². The Bertz CT molecular complexity index is 304. The van der Waals surface area contributed by atoms with Gasteiger partial charge in [0.05, 0.1) is 10.7 Å². The van der Waals surface area contributed by atoms with E-state index in [0.717, 1.165) is 16.9 Å². The highest BCUT2D eigenvalue weighted by molar-refractivity contribution is 7.15. The van der Waals surface area contributed by atoms with Crippen LogP contribution in [-0.2, 0) is 0 Å². The summed E-state index contributed by atoms with van der Waals surface area (Å²) in [5.74, 6) is 0. The summed E-state index contributed by atoms with van der Waals surface area (Å²) in [7, 11) is 0. The molecule has 0 atom stereocenters. The number of thiophene rings is 1. The number of hydrogen-bond donors (Lipinski definition) is 2. The monoisotopic (exact) mass is 228 g/mol. The Labute approximate surface area is 81.4 Å². The summed E-state index contributed by atoms with van der Waals surface area (Å²) in [5, 5.41) is 3.88. The Morgan fingerprint density at radius 3 is 2.67 bits per heavy atom. The van der Waals surface area contributed by atoms with Crippen molar-refractivity contribution >= 4 is 46.3 Å². The van der Waals surface area contributed by atoms with Gasteiger partial charge in [-0.2, -0.15) is 5.54 Å². The van der Waals surface area contributed by atoms with Gasteiger partial charge in [-0.25, -0.2) is 4.79 Å². The quantitative estimate of drug-likeness (QED) is 0.714. The predicted octanol–water partition coefficient (Wildman–Crippen LogP) is 3.06. The maximum absolute atomic E-state index is 11.5. The summed E-state index contributed by atoms with van der Waals surface area (Å²) in [6.07, 6.45) is 0. The maximum atomic E-state index is 11.5. The molecule has 12 heavy (non-hydrogen) atoms. The summed E-state index contributed by atoms with van der Waals surface area (Å²) in [6, 6.07) is -0.980. The SMILES string of the molecule is O=C(NF)Nc1csc(Cl)c1Cl. The molecule has 2 N–H and O–H groups in total. The molecule has 0 radical (unpaired) electrons. The summed E-state index contributed by atoms with van der Waals surface area (Å²) in [4.78, 5) is 10.4. The molecule has 0 unspecified atom stereocenters. The van der Waals surface area contributed by atoms with Crippen LogP contribution in [0.4, 0.5) is 15.0 Å². The first-order chi connectivity index (χ1) is 5.65. The summed E-state index contributed by atoms with van der Waals surface area (Å²) in [6.45, 7) is 0. The van der Waals surface area contributed by atoms with E-state index in [2.05, 4.69) is 5.32 Å². The molecule has 2 amide bonds. The number of hydrogen-bond acceptors (Lipinski definition) is 2. The van der Waals surface area contributed by atoms with Crippen LogP contribution in [0, 0.1) is 0 Å². The van der Waals surface area contributed by atoms with E-state index in [9.17, 15) is 9.28 Å². The van der Waals surface area contributed by atoms with Crippen molar-refractivity contribution in [1.82, 2.24) is 5.54 Å². The minimum atomic E-state index is -0.980. The largest absolute Gasteiger partial charge is 0.347 e. The van der Waals surface area contributed by atoms with Crippen LogP contribution < -0.4 is 10.9 Å². The molecule has 1 aromatic heterocycles. The number of urea groups is 1. The lowest BCUT2D eigenvalue weighted by Crippen LogP contribution is -2.20. The van der Waals surface area contributed by atoms with Crippen molar-refractivity contribution in [3.05, 3.63) is 14.7 Å². The van der Waals surface area contributed by atoms with E-state index < -0.39 is 6.03 Å². The van der Waals surface area contributed by atoms with E-state index in [4.69, 9.17) is 23.2 Å². The third kappa shape index (κ3) is 2.00. The summed E-state index contributed by atoms with van der Waals surface area (Å²) >= 11 is 12.4. The van der Waals surface area contributed by atoms with Crippen LogP contribution >= 0.6 is 34.5 Å². The van der Waals surface area contributed by atoms with E-state index in [1.807, 2.05) is 0 Å². The van der Waals surface area contributed by atoms with Crippen LogP contribution in [0.15, 0.2) is 5.38 Å². The average molecular weight is 229 g/mol. The van der Waals surface area contributed by atoms with E-state index in [-0.39, 0.29) is 5.02 Å². The maximum Gasteiger partial charge on any atom is 0.347 e. The Morgan fingerprint density at radius 1 is 1.58 bits per heavy atom. The second-order valence-corrected chi connectivity index (χ2v) is 3.65. The number of amides is 2. The van der Waals surface area contributed by atoms with Crippen molar-refractivity contribution in [2.24, 2.45) is 0 Å². The fourth-order valence-corrected chi connectivity index (χ4v) is 1.70. The van der Waals surface area contributed by atoms with Gasteiger partial charge in [0.2, 0.25) is 0 Å². The van der Waals surface area contributed by atoms with Gasteiger partial charge in [0.25, 0.3) is 0 Å². The highest BCUT2D eigenvalue weighted by Crippen LogP contribution is 2.35. The first-order valence-corrected chi connectivity index (χ1v) is 4.39. The lowest BCUT2D eigenvalue weighted by atomic mass is 10.5. The van der Waals surface area contributed by atoms with Gasteiger partial charge in [0.1, 0.15) is 4.34 Å². The van der Waals surface area contributed by atoms with Crippen molar-refractivity contribution in [2.45, 2.75) is 0 Å². The van der Waals surface area contributed by atoms with Gasteiger partial charge >= 0.3 is 6.03 Å². The Kier molecular flexibility index (Phi) is 3.13. The standard InChI is InChI=1S/C5H3Cl2FN2OS/c6-3-2(1-12-4(3)7)9-5(11)10-8/h1H,(H2,9,10,11). The number of carbonyl (C=O) groups is 1. The predicted molar refractivity (Wildman–Crippen MR) is 47.6 cm³/mol. The van der Waals surface area contributed by atoms with Crippen LogP contribution in [0.25, 0.3) is 0 Å². The Balaban J connectivity index is 2.76. The van der Waals surface area contributed by atoms with Crippen LogP contribution in [0.1, 0.15) is 0 Å². The Morgan fingerprint density at radius 2 is 2.25 bits per heavy atom. The molecule has 66 valence electrons. The molecular formula is C5H3Cl2FN2OS. The molecule has 0 aromatic carbocycles. The molecule has 0 saturated carbocycles. The van der Waals surface area contributed by atoms with Crippen molar-refractivity contribution < 1.29 is 9.28 Å². The molecule has 0 fully saturated rings. The lowest BCUT2D eigenvalue weighted by molar-refractivity contribution is 0.230. The molecule has 1 heterocycles. The Hall–Kier alpha value is -0.520. The van der Waals surface area contributed by atoms with Crippen molar-refractivity contribution in [3.63, 3.8) is 0 Å². The van der Waals surface area contributed by atoms with Crippen molar-refractivity contribution in [1.29, 1.82) is 0 Å². The molecule has 3 nitrogen and oxygen atoms in total. The molecule has 0 saturated heterocycles. The van der Waals surface area contributed by atoms with Crippen molar-refractivity contribution in [2.75, 3.05) is 5.32 Å². The van der Waals surface area contributed by atoms with Gasteiger partial charge < -0.3 is 5.32 Å². The third-order valence-corrected chi connectivity index (χ3v) is 2.85. The lowest BCUT2D eigenvalue weighted by Gasteiger charge is -1.98. The zero-order valence-electron chi connectivity index (χ0n) is 5.53. The summed E-state index contributed by atoms with van der Waals surface area (Å²) < 4.78 is 11.8. The van der Waals surface area contributed by atoms with E-state index in [1.54, 1.807) is 0 Å². The minimum absolute atomic E-state index is 0.213. The average Bonchev–Trinajstić information content (AvgIpc) is 2.36. The molecule has 0 spiro atoms. The molecule has 0 bridgehead atoms. The number of halogens is 3. The van der Waals surface area contributed by atoms with Gasteiger partial charge in [0.15, 0.2) is 0 Å². The highest BCUT2D eigenvalue weighted by atomic mass is 35.5. The molecule has 1 rings (SSSR count). The topological polar surface area (TPSA) is 41.1 Å². The minimum Gasteiger partial charge on any atom is -0.304 e. The van der Waals surface area contributed by atoms with Crippen molar-refractivity contribution in [3.8, 4) is 0 Å². The highest BCUT2D eigenvalue weighted by Gasteiger charge is 2.09. The smallest absolute Gasteiger partial charge is 0.304 e. The number of carbonyl (C=O) groups excluding carboxylic acids is 1. The van der Waals surface area contributed by atoms with E-state index >= 15 is 0 Å². The second-order valence-electron chi connectivity index (χ2n) is 1.79. The fraction of sp³-hybridized carbons (Fsp3) is 0. The van der Waals surface area contributed by atoms with Gasteiger partial charge in [-0.3, -0.25) is 0 Å². The zero-order chi connectivity index (χ0) is 9.14. The number of anilines is 1. The normalized spacial score (nSPS) is 9.58. The summed E-state index contributed by atoms with van der Waals surface area (Å²) in [5.41, 5.74) is 1.20. The molecule has 0 aliphatic rings. The van der Waals surface area contributed by atoms with Gasteiger partial charge in [-0.15, -0.1) is 11.3 Å². The second kappa shape index (κ2) is 3.93. The van der Waals surface area contributed by atoms with Gasteiger partial charge in [-0.1, -0.05) is 27.7 Å². The zero-order valence-corrected chi connectivity index (χ0v) is 7.86. The molecule has 7 heteroatoms. The third-order valence-electron chi connectivity index (χ3n) is 1.02. The van der Waals surface area contributed by atoms with E-state index in [1.165, 1.54) is 5.38 Å². The number of rotatable bonds is 1. The van der Waals surface area contributed by atoms with E-state index in [0.29, 0.717) is 10.0 Å². The first-order valence-electron chi connectivity index (χ1n) is 2.75. The van der Waals surface area contributed by atoms with Crippen LogP contribution in [0.2, 0.25) is 9.36 Å². The van der Waals surface area contributed by atoms with Crippen LogP contribution in [0.3, 0.4) is 0 Å². The molecule has 0 aliphatic carbocycles. The van der Waals surface area contributed by atoms with Gasteiger partial charge in [0, 0.05) is 5.38 Å². The molecular weight excluding hydrogens is 226 g/mol. The van der Waals surface area contributed by atoms with Gasteiger partial charge in [-0.05, 0) is 0 Å². The van der Waals surface area contributed by atoms with Crippen LogP contribution in [0.5, 0.6) is 0 Å². The first kappa shape index (κ1) is 9.57. The molecule has 1 aromatic rings.